The molecule has 0 aliphatic carbocycles. The van der Waals surface area contributed by atoms with Crippen molar-refractivity contribution in [1.82, 2.24) is 20.4 Å². The van der Waals surface area contributed by atoms with Gasteiger partial charge in [0.2, 0.25) is 0 Å². The first-order valence-corrected chi connectivity index (χ1v) is 11.5. The zero-order chi connectivity index (χ0) is 21.0. The SMILES string of the molecule is CN=C(NCCCN1CCCCCC1)NCC(c1cccc(F)c1)N1CCOCC1. The average Bonchev–Trinajstić information content (AvgIpc) is 3.05. The van der Waals surface area contributed by atoms with Crippen LogP contribution < -0.4 is 10.6 Å². The molecule has 0 amide bonds. The number of ether oxygens (including phenoxy) is 1. The van der Waals surface area contributed by atoms with Gasteiger partial charge >= 0.3 is 0 Å². The van der Waals surface area contributed by atoms with Gasteiger partial charge in [-0.2, -0.15) is 0 Å². The Morgan fingerprint density at radius 2 is 1.87 bits per heavy atom. The molecule has 2 heterocycles. The zero-order valence-electron chi connectivity index (χ0n) is 18.4. The van der Waals surface area contributed by atoms with Gasteiger partial charge in [0.15, 0.2) is 5.96 Å². The Morgan fingerprint density at radius 1 is 1.10 bits per heavy atom. The smallest absolute Gasteiger partial charge is 0.191 e. The molecule has 0 radical (unpaired) electrons. The van der Waals surface area contributed by atoms with Crippen molar-refractivity contribution in [3.8, 4) is 0 Å². The monoisotopic (exact) mass is 419 g/mol. The molecule has 7 heteroatoms. The molecule has 3 rings (SSSR count). The van der Waals surface area contributed by atoms with Crippen molar-refractivity contribution in [2.75, 3.05) is 66.1 Å². The van der Waals surface area contributed by atoms with E-state index in [1.807, 2.05) is 6.07 Å². The number of benzene rings is 1. The van der Waals surface area contributed by atoms with Crippen LogP contribution in [0.15, 0.2) is 29.3 Å². The van der Waals surface area contributed by atoms with Crippen molar-refractivity contribution in [3.63, 3.8) is 0 Å². The third-order valence-corrected chi connectivity index (χ3v) is 6.05. The first-order valence-electron chi connectivity index (χ1n) is 11.5. The number of nitrogens with one attached hydrogen (secondary N) is 2. The van der Waals surface area contributed by atoms with E-state index >= 15 is 0 Å². The van der Waals surface area contributed by atoms with Crippen LogP contribution in [0.2, 0.25) is 0 Å². The highest BCUT2D eigenvalue weighted by Crippen LogP contribution is 2.22. The maximum atomic E-state index is 13.8. The van der Waals surface area contributed by atoms with E-state index < -0.39 is 0 Å². The quantitative estimate of drug-likeness (QED) is 0.385. The third kappa shape index (κ3) is 7.52. The topological polar surface area (TPSA) is 52.1 Å². The lowest BCUT2D eigenvalue weighted by Crippen LogP contribution is -2.46. The van der Waals surface area contributed by atoms with Crippen LogP contribution in [0, 0.1) is 5.82 Å². The van der Waals surface area contributed by atoms with Crippen LogP contribution in [0.5, 0.6) is 0 Å². The second kappa shape index (κ2) is 12.9. The molecule has 168 valence electrons. The van der Waals surface area contributed by atoms with E-state index in [9.17, 15) is 4.39 Å². The van der Waals surface area contributed by atoms with Gasteiger partial charge in [0, 0.05) is 33.2 Å². The van der Waals surface area contributed by atoms with E-state index in [1.165, 1.54) is 44.8 Å². The number of rotatable bonds is 8. The van der Waals surface area contributed by atoms with E-state index in [0.29, 0.717) is 6.54 Å². The summed E-state index contributed by atoms with van der Waals surface area (Å²) in [6.45, 7) is 8.33. The number of likely N-dealkylation sites (tertiary alicyclic amines) is 1. The molecule has 1 atom stereocenters. The standard InChI is InChI=1S/C23H38FN5O/c1-25-23(26-10-7-13-28-11-4-2-3-5-12-28)27-19-22(29-14-16-30-17-15-29)20-8-6-9-21(24)18-20/h6,8-9,18,22H,2-5,7,10-17,19H2,1H3,(H2,25,26,27). The molecule has 0 aromatic heterocycles. The summed E-state index contributed by atoms with van der Waals surface area (Å²) in [5.74, 6) is 0.613. The van der Waals surface area contributed by atoms with Crippen molar-refractivity contribution >= 4 is 5.96 Å². The summed E-state index contributed by atoms with van der Waals surface area (Å²) in [5, 5.41) is 6.89. The highest BCUT2D eigenvalue weighted by atomic mass is 19.1. The summed E-state index contributed by atoms with van der Waals surface area (Å²) in [6, 6.07) is 7.01. The van der Waals surface area contributed by atoms with Gasteiger partial charge in [-0.1, -0.05) is 25.0 Å². The first kappa shape index (κ1) is 23.0. The van der Waals surface area contributed by atoms with Gasteiger partial charge in [0.25, 0.3) is 0 Å². The Hall–Kier alpha value is -1.70. The lowest BCUT2D eigenvalue weighted by atomic mass is 10.0. The summed E-state index contributed by atoms with van der Waals surface area (Å²) < 4.78 is 19.3. The van der Waals surface area contributed by atoms with Gasteiger partial charge in [-0.05, 0) is 56.6 Å². The van der Waals surface area contributed by atoms with Gasteiger partial charge in [0.1, 0.15) is 5.82 Å². The first-order chi connectivity index (χ1) is 14.8. The van der Waals surface area contributed by atoms with Crippen LogP contribution in [-0.2, 0) is 4.74 Å². The molecule has 2 aliphatic heterocycles. The molecule has 0 saturated carbocycles. The highest BCUT2D eigenvalue weighted by molar-refractivity contribution is 5.79. The lowest BCUT2D eigenvalue weighted by Gasteiger charge is -2.35. The highest BCUT2D eigenvalue weighted by Gasteiger charge is 2.23. The van der Waals surface area contributed by atoms with E-state index in [4.69, 9.17) is 4.74 Å². The second-order valence-corrected chi connectivity index (χ2v) is 8.21. The number of halogens is 1. The fourth-order valence-electron chi connectivity index (χ4n) is 4.34. The maximum Gasteiger partial charge on any atom is 0.191 e. The summed E-state index contributed by atoms with van der Waals surface area (Å²) in [7, 11) is 1.80. The maximum absolute atomic E-state index is 13.8. The van der Waals surface area contributed by atoms with Crippen molar-refractivity contribution in [2.24, 2.45) is 4.99 Å². The van der Waals surface area contributed by atoms with Gasteiger partial charge in [-0.25, -0.2) is 4.39 Å². The fraction of sp³-hybridized carbons (Fsp3) is 0.696. The molecular formula is C23H38FN5O. The number of aliphatic imine (C=N–C) groups is 1. The molecule has 1 aromatic carbocycles. The predicted octanol–water partition coefficient (Wildman–Crippen LogP) is 2.63. The molecule has 2 N–H and O–H groups in total. The van der Waals surface area contributed by atoms with Gasteiger partial charge in [-0.3, -0.25) is 9.89 Å². The van der Waals surface area contributed by atoms with Gasteiger partial charge < -0.3 is 20.3 Å². The van der Waals surface area contributed by atoms with Crippen molar-refractivity contribution in [2.45, 2.75) is 38.1 Å². The Labute approximate surface area is 180 Å². The Morgan fingerprint density at radius 3 is 2.57 bits per heavy atom. The summed E-state index contributed by atoms with van der Waals surface area (Å²) >= 11 is 0. The number of hydrogen-bond acceptors (Lipinski definition) is 4. The number of guanidine groups is 1. The van der Waals surface area contributed by atoms with Gasteiger partial charge in [0.05, 0.1) is 19.3 Å². The molecule has 1 unspecified atom stereocenters. The van der Waals surface area contributed by atoms with Crippen LogP contribution in [0.25, 0.3) is 0 Å². The molecule has 2 aliphatic rings. The third-order valence-electron chi connectivity index (χ3n) is 6.05. The second-order valence-electron chi connectivity index (χ2n) is 8.21. The predicted molar refractivity (Wildman–Crippen MR) is 120 cm³/mol. The normalized spacial score (nSPS) is 20.5. The van der Waals surface area contributed by atoms with Crippen molar-refractivity contribution in [1.29, 1.82) is 0 Å². The molecule has 6 nitrogen and oxygen atoms in total. The molecule has 2 fully saturated rings. The van der Waals surface area contributed by atoms with E-state index in [2.05, 4.69) is 25.4 Å². The Balaban J connectivity index is 1.47. The van der Waals surface area contributed by atoms with Crippen LogP contribution in [0.4, 0.5) is 4.39 Å². The van der Waals surface area contributed by atoms with Crippen LogP contribution in [0.1, 0.15) is 43.7 Å². The molecule has 1 aromatic rings. The summed E-state index contributed by atoms with van der Waals surface area (Å²) in [6.07, 6.45) is 6.53. The molecule has 0 spiro atoms. The van der Waals surface area contributed by atoms with E-state index in [1.54, 1.807) is 19.2 Å². The molecule has 0 bridgehead atoms. The van der Waals surface area contributed by atoms with Crippen LogP contribution >= 0.6 is 0 Å². The largest absolute Gasteiger partial charge is 0.379 e. The minimum atomic E-state index is -0.193. The minimum Gasteiger partial charge on any atom is -0.379 e. The fourth-order valence-corrected chi connectivity index (χ4v) is 4.34. The van der Waals surface area contributed by atoms with Crippen LogP contribution in [0.3, 0.4) is 0 Å². The summed E-state index contributed by atoms with van der Waals surface area (Å²) in [4.78, 5) is 9.32. The van der Waals surface area contributed by atoms with E-state index in [-0.39, 0.29) is 11.9 Å². The molecule has 2 saturated heterocycles. The van der Waals surface area contributed by atoms with Crippen molar-refractivity contribution < 1.29 is 9.13 Å². The zero-order valence-corrected chi connectivity index (χ0v) is 18.4. The Bertz CT molecular complexity index is 642. The van der Waals surface area contributed by atoms with Crippen LogP contribution in [-0.4, -0.2) is 81.8 Å². The lowest BCUT2D eigenvalue weighted by molar-refractivity contribution is 0.0169. The number of morpholine rings is 1. The molecular weight excluding hydrogens is 381 g/mol. The van der Waals surface area contributed by atoms with Crippen molar-refractivity contribution in [3.05, 3.63) is 35.6 Å². The average molecular weight is 420 g/mol. The van der Waals surface area contributed by atoms with E-state index in [0.717, 1.165) is 57.3 Å². The molecule has 30 heavy (non-hydrogen) atoms. The summed E-state index contributed by atoms with van der Waals surface area (Å²) in [5.41, 5.74) is 0.987. The Kier molecular flexibility index (Phi) is 9.86. The van der Waals surface area contributed by atoms with Gasteiger partial charge in [-0.15, -0.1) is 0 Å². The number of hydrogen-bond donors (Lipinski definition) is 2. The number of nitrogens with zero attached hydrogens (tertiary/aromatic N) is 3. The minimum absolute atomic E-state index is 0.0836.